The van der Waals surface area contributed by atoms with Gasteiger partial charge in [0.25, 0.3) is 0 Å². The molecule has 0 aliphatic rings. The number of rotatable bonds is 3. The molecule has 0 atom stereocenters. The first-order chi connectivity index (χ1) is 6.11. The van der Waals surface area contributed by atoms with Gasteiger partial charge in [0.15, 0.2) is 0 Å². The third-order valence-corrected chi connectivity index (χ3v) is 1.87. The number of amides is 1. The highest BCUT2D eigenvalue weighted by Gasteiger charge is 2.06. The van der Waals surface area contributed by atoms with E-state index in [4.69, 9.17) is 0 Å². The summed E-state index contributed by atoms with van der Waals surface area (Å²) in [6, 6.07) is 0. The second-order valence-corrected chi connectivity index (χ2v) is 3.33. The highest BCUT2D eigenvalue weighted by atomic mass is 16.1. The summed E-state index contributed by atoms with van der Waals surface area (Å²) in [4.78, 5) is 15.3. The van der Waals surface area contributed by atoms with Gasteiger partial charge in [-0.15, -0.1) is 0 Å². The summed E-state index contributed by atoms with van der Waals surface area (Å²) >= 11 is 0. The molecule has 0 fully saturated rings. The minimum absolute atomic E-state index is 0.0280. The minimum Gasteiger partial charge on any atom is -0.349 e. The second kappa shape index (κ2) is 4.07. The van der Waals surface area contributed by atoms with Crippen molar-refractivity contribution >= 4 is 5.91 Å². The molecule has 0 spiro atoms. The molecule has 4 heteroatoms. The lowest BCUT2D eigenvalue weighted by Crippen LogP contribution is -2.28. The van der Waals surface area contributed by atoms with Crippen LogP contribution in [0.15, 0.2) is 12.4 Å². The first kappa shape index (κ1) is 9.77. The van der Waals surface area contributed by atoms with Crippen molar-refractivity contribution in [3.05, 3.63) is 18.2 Å². The van der Waals surface area contributed by atoms with Crippen molar-refractivity contribution in [3.63, 3.8) is 0 Å². The van der Waals surface area contributed by atoms with Crippen LogP contribution in [0.5, 0.6) is 0 Å². The van der Waals surface area contributed by atoms with Crippen molar-refractivity contribution in [2.45, 2.75) is 20.4 Å². The fraction of sp³-hybridized carbons (Fsp3) is 0.556. The molecular formula is C9H15N3O. The van der Waals surface area contributed by atoms with Crippen molar-refractivity contribution in [3.8, 4) is 0 Å². The summed E-state index contributed by atoms with van der Waals surface area (Å²) in [5.74, 6) is 0.956. The Morgan fingerprint density at radius 3 is 2.85 bits per heavy atom. The smallest absolute Gasteiger partial charge is 0.222 e. The highest BCUT2D eigenvalue weighted by Crippen LogP contribution is 1.95. The number of hydrogen-bond acceptors (Lipinski definition) is 2. The molecule has 1 rings (SSSR count). The lowest BCUT2D eigenvalue weighted by molar-refractivity contribution is -0.124. The summed E-state index contributed by atoms with van der Waals surface area (Å²) in [7, 11) is 1.91. The van der Waals surface area contributed by atoms with Gasteiger partial charge in [0.2, 0.25) is 5.91 Å². The van der Waals surface area contributed by atoms with E-state index in [1.807, 2.05) is 31.7 Å². The molecule has 0 aromatic carbocycles. The van der Waals surface area contributed by atoms with E-state index < -0.39 is 0 Å². The number of hydrogen-bond donors (Lipinski definition) is 1. The number of nitrogens with one attached hydrogen (secondary N) is 1. The van der Waals surface area contributed by atoms with E-state index in [-0.39, 0.29) is 11.8 Å². The zero-order valence-corrected chi connectivity index (χ0v) is 8.24. The molecule has 0 saturated heterocycles. The average molecular weight is 181 g/mol. The van der Waals surface area contributed by atoms with Gasteiger partial charge in [-0.1, -0.05) is 13.8 Å². The molecule has 1 aromatic heterocycles. The van der Waals surface area contributed by atoms with Crippen LogP contribution in [-0.2, 0) is 18.4 Å². The normalized spacial score (nSPS) is 10.5. The maximum Gasteiger partial charge on any atom is 0.222 e. The summed E-state index contributed by atoms with van der Waals surface area (Å²) in [6.45, 7) is 4.24. The van der Waals surface area contributed by atoms with E-state index in [0.717, 1.165) is 5.82 Å². The largest absolute Gasteiger partial charge is 0.349 e. The lowest BCUT2D eigenvalue weighted by Gasteiger charge is -2.06. The predicted molar refractivity (Wildman–Crippen MR) is 49.9 cm³/mol. The van der Waals surface area contributed by atoms with Crippen molar-refractivity contribution in [2.75, 3.05) is 0 Å². The van der Waals surface area contributed by atoms with Crippen molar-refractivity contribution in [1.82, 2.24) is 14.9 Å². The Kier molecular flexibility index (Phi) is 3.06. The van der Waals surface area contributed by atoms with Crippen LogP contribution in [-0.4, -0.2) is 15.5 Å². The Bertz CT molecular complexity index is 291. The molecule has 0 saturated carbocycles. The quantitative estimate of drug-likeness (QED) is 0.745. The van der Waals surface area contributed by atoms with Gasteiger partial charge in [-0.2, -0.15) is 0 Å². The van der Waals surface area contributed by atoms with Crippen LogP contribution in [0, 0.1) is 5.92 Å². The summed E-state index contributed by atoms with van der Waals surface area (Å²) in [6.07, 6.45) is 3.58. The fourth-order valence-electron chi connectivity index (χ4n) is 0.937. The number of carbonyl (C=O) groups is 1. The Balaban J connectivity index is 2.44. The molecule has 0 radical (unpaired) electrons. The number of imidazole rings is 1. The van der Waals surface area contributed by atoms with Crippen LogP contribution < -0.4 is 5.32 Å². The maximum atomic E-state index is 11.2. The van der Waals surface area contributed by atoms with Gasteiger partial charge >= 0.3 is 0 Å². The molecule has 0 bridgehead atoms. The van der Waals surface area contributed by atoms with Gasteiger partial charge in [-0.25, -0.2) is 4.98 Å². The molecule has 0 aliphatic carbocycles. The fourth-order valence-corrected chi connectivity index (χ4v) is 0.937. The Hall–Kier alpha value is -1.32. The van der Waals surface area contributed by atoms with Crippen LogP contribution in [0.25, 0.3) is 0 Å². The lowest BCUT2D eigenvalue weighted by atomic mass is 10.2. The summed E-state index contributed by atoms with van der Waals surface area (Å²) in [5.41, 5.74) is 0. The van der Waals surface area contributed by atoms with Crippen molar-refractivity contribution in [2.24, 2.45) is 13.0 Å². The standard InChI is InChI=1S/C9H15N3O/c1-7(2)9(13)11-6-8-10-4-5-12(8)3/h4-5,7H,6H2,1-3H3,(H,11,13). The topological polar surface area (TPSA) is 46.9 Å². The van der Waals surface area contributed by atoms with Crippen LogP contribution in [0.3, 0.4) is 0 Å². The molecule has 4 nitrogen and oxygen atoms in total. The summed E-state index contributed by atoms with van der Waals surface area (Å²) < 4.78 is 1.89. The van der Waals surface area contributed by atoms with Crippen molar-refractivity contribution in [1.29, 1.82) is 0 Å². The number of aromatic nitrogens is 2. The van der Waals surface area contributed by atoms with Crippen LogP contribution >= 0.6 is 0 Å². The van der Waals surface area contributed by atoms with Gasteiger partial charge < -0.3 is 9.88 Å². The second-order valence-electron chi connectivity index (χ2n) is 3.33. The number of aryl methyl sites for hydroxylation is 1. The molecule has 1 aromatic rings. The maximum absolute atomic E-state index is 11.2. The molecule has 13 heavy (non-hydrogen) atoms. The number of carbonyl (C=O) groups excluding carboxylic acids is 1. The van der Waals surface area contributed by atoms with Gasteiger partial charge in [-0.05, 0) is 0 Å². The van der Waals surface area contributed by atoms with E-state index in [1.165, 1.54) is 0 Å². The van der Waals surface area contributed by atoms with E-state index >= 15 is 0 Å². The van der Waals surface area contributed by atoms with E-state index in [0.29, 0.717) is 6.54 Å². The van der Waals surface area contributed by atoms with Crippen molar-refractivity contribution < 1.29 is 4.79 Å². The first-order valence-corrected chi connectivity index (χ1v) is 4.35. The molecule has 1 heterocycles. The van der Waals surface area contributed by atoms with Gasteiger partial charge in [-0.3, -0.25) is 4.79 Å². The van der Waals surface area contributed by atoms with Crippen LogP contribution in [0.4, 0.5) is 0 Å². The molecule has 0 aliphatic heterocycles. The van der Waals surface area contributed by atoms with E-state index in [2.05, 4.69) is 10.3 Å². The Labute approximate surface area is 78.0 Å². The van der Waals surface area contributed by atoms with Crippen LogP contribution in [0.1, 0.15) is 19.7 Å². The predicted octanol–water partition coefficient (Wildman–Crippen LogP) is 0.692. The van der Waals surface area contributed by atoms with E-state index in [9.17, 15) is 4.79 Å². The Morgan fingerprint density at radius 2 is 2.38 bits per heavy atom. The highest BCUT2D eigenvalue weighted by molar-refractivity contribution is 5.77. The van der Waals surface area contributed by atoms with E-state index in [1.54, 1.807) is 6.20 Å². The third kappa shape index (κ3) is 2.57. The molecule has 1 N–H and O–H groups in total. The SMILES string of the molecule is CC(C)C(=O)NCc1nccn1C. The van der Waals surface area contributed by atoms with Gasteiger partial charge in [0, 0.05) is 25.4 Å². The molecule has 0 unspecified atom stereocenters. The average Bonchev–Trinajstić information content (AvgIpc) is 2.47. The summed E-state index contributed by atoms with van der Waals surface area (Å²) in [5, 5.41) is 2.80. The molecule has 72 valence electrons. The molecular weight excluding hydrogens is 166 g/mol. The molecule has 1 amide bonds. The monoisotopic (exact) mass is 181 g/mol. The number of nitrogens with zero attached hydrogens (tertiary/aromatic N) is 2. The zero-order chi connectivity index (χ0) is 9.84. The first-order valence-electron chi connectivity index (χ1n) is 4.35. The van der Waals surface area contributed by atoms with Gasteiger partial charge in [0.05, 0.1) is 6.54 Å². The zero-order valence-electron chi connectivity index (χ0n) is 8.24. The Morgan fingerprint density at radius 1 is 1.69 bits per heavy atom. The third-order valence-electron chi connectivity index (χ3n) is 1.87. The van der Waals surface area contributed by atoms with Crippen LogP contribution in [0.2, 0.25) is 0 Å². The minimum atomic E-state index is 0.0280. The van der Waals surface area contributed by atoms with Gasteiger partial charge in [0.1, 0.15) is 5.82 Å².